The van der Waals surface area contributed by atoms with E-state index < -0.39 is 10.0 Å². The Balaban J connectivity index is 1.79. The van der Waals surface area contributed by atoms with E-state index in [-0.39, 0.29) is 23.2 Å². The highest BCUT2D eigenvalue weighted by atomic mass is 32.2. The summed E-state index contributed by atoms with van der Waals surface area (Å²) >= 11 is 0. The van der Waals surface area contributed by atoms with Gasteiger partial charge < -0.3 is 19.1 Å². The Labute approximate surface area is 195 Å². The van der Waals surface area contributed by atoms with E-state index in [4.69, 9.17) is 19.3 Å². The number of hydrogen-bond donors (Lipinski definition) is 1. The molecule has 0 unspecified atom stereocenters. The third-order valence-electron chi connectivity index (χ3n) is 5.71. The number of carbonyl (C=O) groups excluding carboxylic acids is 1. The first-order valence-corrected chi connectivity index (χ1v) is 12.5. The number of nitrogens with two attached hydrogens (primary N) is 1. The molecule has 0 aromatic heterocycles. The third kappa shape index (κ3) is 6.46. The van der Waals surface area contributed by atoms with Gasteiger partial charge in [-0.25, -0.2) is 13.6 Å². The van der Waals surface area contributed by atoms with Crippen LogP contribution >= 0.6 is 0 Å². The molecule has 1 saturated heterocycles. The summed E-state index contributed by atoms with van der Waals surface area (Å²) in [5.41, 5.74) is 2.77. The Morgan fingerprint density at radius 3 is 2.45 bits per heavy atom. The SMILES string of the molecule is COc1c(CCc2ccc(C(C)C)cc2OCC(=O)N2CCOCC2)cccc1S(N)(=O)=O. The van der Waals surface area contributed by atoms with Crippen molar-refractivity contribution in [2.45, 2.75) is 37.5 Å². The number of methoxy groups -OCH3 is 1. The van der Waals surface area contributed by atoms with Crippen molar-refractivity contribution in [1.82, 2.24) is 4.90 Å². The van der Waals surface area contributed by atoms with Crippen LogP contribution in [0.25, 0.3) is 0 Å². The summed E-state index contributed by atoms with van der Waals surface area (Å²) in [5, 5.41) is 5.34. The van der Waals surface area contributed by atoms with Gasteiger partial charge in [0.15, 0.2) is 6.61 Å². The van der Waals surface area contributed by atoms with Crippen molar-refractivity contribution < 1.29 is 27.4 Å². The van der Waals surface area contributed by atoms with Crippen LogP contribution in [0.1, 0.15) is 36.5 Å². The van der Waals surface area contributed by atoms with Crippen LogP contribution in [-0.4, -0.2) is 59.2 Å². The molecule has 0 atom stereocenters. The number of rotatable bonds is 9. The van der Waals surface area contributed by atoms with Crippen LogP contribution in [0, 0.1) is 0 Å². The van der Waals surface area contributed by atoms with E-state index in [1.807, 2.05) is 18.2 Å². The number of amides is 1. The first-order valence-electron chi connectivity index (χ1n) is 11.0. The summed E-state index contributed by atoms with van der Waals surface area (Å²) in [6, 6.07) is 10.9. The number of morpholine rings is 1. The lowest BCUT2D eigenvalue weighted by Crippen LogP contribution is -2.43. The number of nitrogens with zero attached hydrogens (tertiary/aromatic N) is 1. The summed E-state index contributed by atoms with van der Waals surface area (Å²) in [4.78, 5) is 14.3. The second-order valence-corrected chi connectivity index (χ2v) is 9.83. The summed E-state index contributed by atoms with van der Waals surface area (Å²) in [6.07, 6.45) is 1.09. The van der Waals surface area contributed by atoms with Crippen molar-refractivity contribution in [3.63, 3.8) is 0 Å². The number of sulfonamides is 1. The number of benzene rings is 2. The van der Waals surface area contributed by atoms with Gasteiger partial charge in [-0.05, 0) is 47.6 Å². The Bertz CT molecular complexity index is 1080. The number of carbonyl (C=O) groups is 1. The fourth-order valence-electron chi connectivity index (χ4n) is 3.80. The van der Waals surface area contributed by atoms with E-state index in [9.17, 15) is 13.2 Å². The number of primary sulfonamides is 1. The van der Waals surface area contributed by atoms with E-state index >= 15 is 0 Å². The molecule has 1 heterocycles. The van der Waals surface area contributed by atoms with Crippen LogP contribution in [0.5, 0.6) is 11.5 Å². The Kier molecular flexibility index (Phi) is 8.34. The van der Waals surface area contributed by atoms with Crippen molar-refractivity contribution in [3.05, 3.63) is 53.1 Å². The zero-order valence-electron chi connectivity index (χ0n) is 19.4. The highest BCUT2D eigenvalue weighted by Gasteiger charge is 2.20. The Morgan fingerprint density at radius 2 is 1.82 bits per heavy atom. The average Bonchev–Trinajstić information content (AvgIpc) is 2.80. The number of ether oxygens (including phenoxy) is 3. The molecule has 9 heteroatoms. The first-order chi connectivity index (χ1) is 15.7. The smallest absolute Gasteiger partial charge is 0.260 e. The zero-order valence-corrected chi connectivity index (χ0v) is 20.2. The largest absolute Gasteiger partial charge is 0.495 e. The summed E-state index contributed by atoms with van der Waals surface area (Å²) in [5.74, 6) is 1.15. The van der Waals surface area contributed by atoms with Crippen LogP contribution < -0.4 is 14.6 Å². The van der Waals surface area contributed by atoms with Gasteiger partial charge in [0.1, 0.15) is 16.4 Å². The quantitative estimate of drug-likeness (QED) is 0.596. The molecule has 0 radical (unpaired) electrons. The topological polar surface area (TPSA) is 108 Å². The van der Waals surface area contributed by atoms with Gasteiger partial charge in [-0.15, -0.1) is 0 Å². The van der Waals surface area contributed by atoms with Gasteiger partial charge in [0.2, 0.25) is 10.0 Å². The van der Waals surface area contributed by atoms with Gasteiger partial charge in [-0.3, -0.25) is 4.79 Å². The van der Waals surface area contributed by atoms with Gasteiger partial charge in [0.25, 0.3) is 5.91 Å². The van der Waals surface area contributed by atoms with Crippen LogP contribution in [-0.2, 0) is 32.4 Å². The minimum Gasteiger partial charge on any atom is -0.495 e. The average molecular weight is 477 g/mol. The van der Waals surface area contributed by atoms with E-state index in [1.165, 1.54) is 13.2 Å². The normalized spacial score (nSPS) is 14.4. The number of para-hydroxylation sites is 1. The van der Waals surface area contributed by atoms with E-state index in [2.05, 4.69) is 19.9 Å². The molecule has 0 spiro atoms. The predicted molar refractivity (Wildman–Crippen MR) is 125 cm³/mol. The molecular formula is C24H32N2O6S. The molecule has 1 aliphatic rings. The van der Waals surface area contributed by atoms with Crippen molar-refractivity contribution in [2.75, 3.05) is 40.0 Å². The molecule has 1 aliphatic heterocycles. The van der Waals surface area contributed by atoms with Gasteiger partial charge >= 0.3 is 0 Å². The summed E-state index contributed by atoms with van der Waals surface area (Å²) in [6.45, 7) is 6.38. The minimum atomic E-state index is -3.90. The zero-order chi connectivity index (χ0) is 24.0. The molecule has 1 amide bonds. The molecule has 8 nitrogen and oxygen atoms in total. The van der Waals surface area contributed by atoms with Crippen LogP contribution in [0.2, 0.25) is 0 Å². The Hall–Kier alpha value is -2.62. The fraction of sp³-hybridized carbons (Fsp3) is 0.458. The maximum absolute atomic E-state index is 12.6. The monoisotopic (exact) mass is 476 g/mol. The molecule has 3 rings (SSSR count). The summed E-state index contributed by atoms with van der Waals surface area (Å²) < 4.78 is 40.5. The molecule has 2 aromatic rings. The molecule has 1 fully saturated rings. The predicted octanol–water partition coefficient (Wildman–Crippen LogP) is 2.49. The Morgan fingerprint density at radius 1 is 1.12 bits per heavy atom. The standard InChI is InChI=1S/C24H32N2O6S/c1-17(2)20-10-8-18(21(15-20)32-16-23(27)26-11-13-31-14-12-26)7-9-19-5-4-6-22(24(19)30-3)33(25,28)29/h4-6,8,10,15,17H,7,9,11-14,16H2,1-3H3,(H2,25,28,29). The van der Waals surface area contributed by atoms with Crippen molar-refractivity contribution in [1.29, 1.82) is 0 Å². The third-order valence-corrected chi connectivity index (χ3v) is 6.64. The van der Waals surface area contributed by atoms with Crippen LogP contribution in [0.3, 0.4) is 0 Å². The van der Waals surface area contributed by atoms with Gasteiger partial charge in [0, 0.05) is 13.1 Å². The molecule has 33 heavy (non-hydrogen) atoms. The molecule has 180 valence electrons. The van der Waals surface area contributed by atoms with E-state index in [0.29, 0.717) is 50.8 Å². The van der Waals surface area contributed by atoms with Crippen molar-refractivity contribution in [3.8, 4) is 11.5 Å². The van der Waals surface area contributed by atoms with Crippen LogP contribution in [0.4, 0.5) is 0 Å². The summed E-state index contributed by atoms with van der Waals surface area (Å²) in [7, 11) is -2.48. The van der Waals surface area contributed by atoms with E-state index in [1.54, 1.807) is 11.0 Å². The van der Waals surface area contributed by atoms with Gasteiger partial charge in [0.05, 0.1) is 20.3 Å². The second-order valence-electron chi connectivity index (χ2n) is 8.30. The lowest BCUT2D eigenvalue weighted by molar-refractivity contribution is -0.137. The fourth-order valence-corrected chi connectivity index (χ4v) is 4.54. The maximum Gasteiger partial charge on any atom is 0.260 e. The second kappa shape index (κ2) is 11.0. The minimum absolute atomic E-state index is 0.0368. The molecule has 0 bridgehead atoms. The first kappa shape index (κ1) is 25.0. The molecule has 2 aromatic carbocycles. The highest BCUT2D eigenvalue weighted by molar-refractivity contribution is 7.89. The van der Waals surface area contributed by atoms with Crippen molar-refractivity contribution in [2.24, 2.45) is 5.14 Å². The number of hydrogen-bond acceptors (Lipinski definition) is 6. The molecule has 2 N–H and O–H groups in total. The number of aryl methyl sites for hydroxylation is 2. The van der Waals surface area contributed by atoms with Crippen molar-refractivity contribution >= 4 is 15.9 Å². The van der Waals surface area contributed by atoms with E-state index in [0.717, 1.165) is 16.7 Å². The van der Waals surface area contributed by atoms with Crippen LogP contribution in [0.15, 0.2) is 41.3 Å². The highest BCUT2D eigenvalue weighted by Crippen LogP contribution is 2.30. The lowest BCUT2D eigenvalue weighted by Gasteiger charge is -2.27. The molecular weight excluding hydrogens is 444 g/mol. The molecule has 0 aliphatic carbocycles. The lowest BCUT2D eigenvalue weighted by atomic mass is 9.97. The molecule has 0 saturated carbocycles. The van der Waals surface area contributed by atoms with Gasteiger partial charge in [-0.1, -0.05) is 38.1 Å². The maximum atomic E-state index is 12.6. The van der Waals surface area contributed by atoms with Gasteiger partial charge in [-0.2, -0.15) is 0 Å².